The molecule has 1 saturated carbocycles. The number of carbonyl (C=O) groups excluding carboxylic acids is 2. The lowest BCUT2D eigenvalue weighted by molar-refractivity contribution is -0.162. The predicted octanol–water partition coefficient (Wildman–Crippen LogP) is 5.22. The molecule has 0 aromatic carbocycles. The highest BCUT2D eigenvalue weighted by Gasteiger charge is 2.65. The van der Waals surface area contributed by atoms with Crippen LogP contribution in [0.15, 0.2) is 47.3 Å². The molecule has 1 spiro atoms. The minimum atomic E-state index is -1.43. The van der Waals surface area contributed by atoms with Crippen molar-refractivity contribution in [2.24, 2.45) is 46.3 Å². The highest BCUT2D eigenvalue weighted by molar-refractivity contribution is 6.21. The second-order valence-electron chi connectivity index (χ2n) is 13.4. The van der Waals surface area contributed by atoms with Gasteiger partial charge in [-0.15, -0.1) is 0 Å². The summed E-state index contributed by atoms with van der Waals surface area (Å²) in [5.41, 5.74) is -2.57. The first kappa shape index (κ1) is 27.4. The number of Topliss-reactive ketones (excluding diaryl/α,β-unsaturated/α-hetero) is 1. The van der Waals surface area contributed by atoms with Gasteiger partial charge in [-0.05, 0) is 73.7 Å². The van der Waals surface area contributed by atoms with E-state index in [-0.39, 0.29) is 59.7 Å². The second-order valence-corrected chi connectivity index (χ2v) is 13.4. The summed E-state index contributed by atoms with van der Waals surface area (Å²) in [5.74, 6) is -0.716. The van der Waals surface area contributed by atoms with E-state index in [1.807, 2.05) is 19.9 Å². The van der Waals surface area contributed by atoms with Gasteiger partial charge in [0.05, 0.1) is 12.7 Å². The van der Waals surface area contributed by atoms with Gasteiger partial charge in [0.15, 0.2) is 17.1 Å². The number of ketones is 1. The number of esters is 1. The van der Waals surface area contributed by atoms with Gasteiger partial charge < -0.3 is 20.1 Å². The van der Waals surface area contributed by atoms with Crippen LogP contribution in [0.3, 0.4) is 0 Å². The normalized spacial score (nSPS) is 46.2. The molecule has 0 aromatic rings. The predicted molar refractivity (Wildman–Crippen MR) is 145 cm³/mol. The van der Waals surface area contributed by atoms with Crippen LogP contribution < -0.4 is 0 Å². The fraction of sp³-hybridized carbons (Fsp3) is 0.688. The van der Waals surface area contributed by atoms with Crippen molar-refractivity contribution >= 4 is 11.8 Å². The summed E-state index contributed by atoms with van der Waals surface area (Å²) < 4.78 is 6.14. The Kier molecular flexibility index (Phi) is 6.83. The van der Waals surface area contributed by atoms with Gasteiger partial charge in [0.25, 0.3) is 0 Å². The number of carbonyl (C=O) groups is 2. The zero-order valence-corrected chi connectivity index (χ0v) is 23.4. The van der Waals surface area contributed by atoms with Crippen molar-refractivity contribution in [2.75, 3.05) is 6.61 Å². The van der Waals surface area contributed by atoms with Crippen molar-refractivity contribution in [1.29, 1.82) is 0 Å². The first-order valence-electron chi connectivity index (χ1n) is 14.4. The monoisotopic (exact) mass is 524 g/mol. The summed E-state index contributed by atoms with van der Waals surface area (Å²) in [5, 5.41) is 32.3. The Morgan fingerprint density at radius 1 is 1.13 bits per heavy atom. The molecule has 1 heterocycles. The SMILES string of the molecule is C[C@H]1CC[C@@H]2[C@H](C=C[C@H]3[C@H](C)/C=C/C[C@]4(C)C=C(CO)[C@H](C[C@@H](C)O)C[C@]45OC(=O)C(=C5O)C(=O)[C@@]23C)C1. The molecule has 5 rings (SSSR count). The van der Waals surface area contributed by atoms with Crippen LogP contribution >= 0.6 is 0 Å². The van der Waals surface area contributed by atoms with Gasteiger partial charge in [-0.3, -0.25) is 4.79 Å². The third-order valence-corrected chi connectivity index (χ3v) is 10.8. The summed E-state index contributed by atoms with van der Waals surface area (Å²) in [6, 6.07) is 0. The topological polar surface area (TPSA) is 104 Å². The van der Waals surface area contributed by atoms with E-state index < -0.39 is 28.5 Å². The quantitative estimate of drug-likeness (QED) is 0.266. The summed E-state index contributed by atoms with van der Waals surface area (Å²) in [7, 11) is 0. The number of ether oxygens (including phenoxy) is 1. The fourth-order valence-electron chi connectivity index (χ4n) is 8.73. The van der Waals surface area contributed by atoms with Gasteiger partial charge in [0.2, 0.25) is 0 Å². The highest BCUT2D eigenvalue weighted by atomic mass is 16.6. The molecule has 6 nitrogen and oxygen atoms in total. The number of hydrogen-bond donors (Lipinski definition) is 3. The highest BCUT2D eigenvalue weighted by Crippen LogP contribution is 2.60. The van der Waals surface area contributed by atoms with Gasteiger partial charge in [-0.2, -0.15) is 0 Å². The van der Waals surface area contributed by atoms with Crippen molar-refractivity contribution in [3.8, 4) is 0 Å². The van der Waals surface area contributed by atoms with E-state index in [4.69, 9.17) is 4.74 Å². The number of rotatable bonds is 3. The average Bonchev–Trinajstić information content (AvgIpc) is 3.09. The maximum atomic E-state index is 14.7. The van der Waals surface area contributed by atoms with E-state index >= 15 is 0 Å². The van der Waals surface area contributed by atoms with Crippen molar-refractivity contribution in [2.45, 2.75) is 84.8 Å². The number of fused-ring (bicyclic) bond motifs is 3. The molecular formula is C32H44O6. The Labute approximate surface area is 226 Å². The third kappa shape index (κ3) is 3.89. The Bertz CT molecular complexity index is 1130. The molecule has 2 bridgehead atoms. The standard InChI is InChI=1S/C32H44O6/c1-18-8-10-25-21(13-18)9-11-24-19(2)7-6-12-30(4)15-23(17-33)22(14-20(3)34)16-32(30)28(36)26(29(37)38-32)27(35)31(24,25)5/h6-7,9,11,15,18-22,24-25,33-34,36H,8,10,12-14,16-17H2,1-5H3/b7-6+/t18-,19+,20+,21+,22+,24-,25+,30+,31+,32+/m0/s1. The van der Waals surface area contributed by atoms with Crippen LogP contribution in [-0.4, -0.2) is 45.4 Å². The van der Waals surface area contributed by atoms with E-state index in [0.29, 0.717) is 18.8 Å². The lowest BCUT2D eigenvalue weighted by Crippen LogP contribution is -2.52. The van der Waals surface area contributed by atoms with Gasteiger partial charge >= 0.3 is 5.97 Å². The fourth-order valence-corrected chi connectivity index (χ4v) is 8.73. The number of aliphatic hydroxyl groups is 3. The lowest BCUT2D eigenvalue weighted by Gasteiger charge is -2.51. The molecule has 0 saturated heterocycles. The second kappa shape index (κ2) is 9.48. The van der Waals surface area contributed by atoms with E-state index in [2.05, 4.69) is 38.2 Å². The Morgan fingerprint density at radius 2 is 1.87 bits per heavy atom. The van der Waals surface area contributed by atoms with Gasteiger partial charge in [-0.1, -0.05) is 64.5 Å². The van der Waals surface area contributed by atoms with Crippen LogP contribution in [0.5, 0.6) is 0 Å². The zero-order chi connectivity index (χ0) is 27.6. The minimum absolute atomic E-state index is 0.0586. The van der Waals surface area contributed by atoms with Crippen molar-refractivity contribution in [3.63, 3.8) is 0 Å². The van der Waals surface area contributed by atoms with Gasteiger partial charge in [0.1, 0.15) is 5.57 Å². The van der Waals surface area contributed by atoms with Crippen LogP contribution in [-0.2, 0) is 14.3 Å². The van der Waals surface area contributed by atoms with Crippen molar-refractivity contribution in [3.05, 3.63) is 47.3 Å². The summed E-state index contributed by atoms with van der Waals surface area (Å²) in [4.78, 5) is 28.3. The Balaban J connectivity index is 1.70. The Morgan fingerprint density at radius 3 is 2.55 bits per heavy atom. The minimum Gasteiger partial charge on any atom is -0.507 e. The van der Waals surface area contributed by atoms with E-state index in [9.17, 15) is 24.9 Å². The maximum Gasteiger partial charge on any atom is 0.346 e. The molecule has 0 aromatic heterocycles. The molecule has 1 fully saturated rings. The first-order chi connectivity index (χ1) is 17.9. The molecular weight excluding hydrogens is 480 g/mol. The third-order valence-electron chi connectivity index (χ3n) is 10.8. The van der Waals surface area contributed by atoms with E-state index in [1.54, 1.807) is 6.92 Å². The molecule has 10 atom stereocenters. The van der Waals surface area contributed by atoms with Crippen LogP contribution in [0.4, 0.5) is 0 Å². The molecule has 0 unspecified atom stereocenters. The van der Waals surface area contributed by atoms with E-state index in [0.717, 1.165) is 24.8 Å². The largest absolute Gasteiger partial charge is 0.507 e. The maximum absolute atomic E-state index is 14.7. The lowest BCUT2D eigenvalue weighted by atomic mass is 9.51. The molecule has 5 aliphatic rings. The summed E-state index contributed by atoms with van der Waals surface area (Å²) in [6.45, 7) is 9.85. The van der Waals surface area contributed by atoms with Crippen LogP contribution in [0.1, 0.15) is 73.1 Å². The van der Waals surface area contributed by atoms with Crippen molar-refractivity contribution in [1.82, 2.24) is 0 Å². The number of allylic oxidation sites excluding steroid dienone is 4. The molecule has 0 amide bonds. The number of hydrogen-bond acceptors (Lipinski definition) is 6. The van der Waals surface area contributed by atoms with Gasteiger partial charge in [-0.25, -0.2) is 4.79 Å². The molecule has 1 aliphatic heterocycles. The molecule has 0 radical (unpaired) electrons. The van der Waals surface area contributed by atoms with Crippen molar-refractivity contribution < 1.29 is 29.6 Å². The molecule has 3 N–H and O–H groups in total. The smallest absolute Gasteiger partial charge is 0.346 e. The summed E-state index contributed by atoms with van der Waals surface area (Å²) >= 11 is 0. The molecule has 4 aliphatic carbocycles. The van der Waals surface area contributed by atoms with Crippen LogP contribution in [0.25, 0.3) is 0 Å². The average molecular weight is 525 g/mol. The Hall–Kier alpha value is -2.18. The van der Waals surface area contributed by atoms with Gasteiger partial charge in [0, 0.05) is 17.3 Å². The zero-order valence-electron chi connectivity index (χ0n) is 23.4. The molecule has 38 heavy (non-hydrogen) atoms. The van der Waals surface area contributed by atoms with Crippen LogP contribution in [0, 0.1) is 46.3 Å². The molecule has 6 heteroatoms. The first-order valence-corrected chi connectivity index (χ1v) is 14.4. The molecule has 208 valence electrons. The number of aliphatic hydroxyl groups excluding tert-OH is 3. The van der Waals surface area contributed by atoms with E-state index in [1.165, 1.54) is 0 Å². The van der Waals surface area contributed by atoms with Crippen LogP contribution in [0.2, 0.25) is 0 Å². The summed E-state index contributed by atoms with van der Waals surface area (Å²) in [6.07, 6.45) is 14.0.